The van der Waals surface area contributed by atoms with Crippen LogP contribution in [0, 0.1) is 0 Å². The predicted molar refractivity (Wildman–Crippen MR) is 104 cm³/mol. The summed E-state index contributed by atoms with van der Waals surface area (Å²) in [7, 11) is 1.95. The van der Waals surface area contributed by atoms with E-state index in [1.807, 2.05) is 22.7 Å². The first-order valence-electron chi connectivity index (χ1n) is 9.11. The van der Waals surface area contributed by atoms with Crippen molar-refractivity contribution in [1.29, 1.82) is 0 Å². The van der Waals surface area contributed by atoms with E-state index in [4.69, 9.17) is 28.3 Å². The van der Waals surface area contributed by atoms with Crippen LogP contribution in [-0.2, 0) is 12.8 Å². The van der Waals surface area contributed by atoms with Crippen LogP contribution in [0.5, 0.6) is 0 Å². The molecular formula is C19H22Cl2N4O. The van der Waals surface area contributed by atoms with Crippen molar-refractivity contribution in [3.05, 3.63) is 45.2 Å². The maximum absolute atomic E-state index is 13.2. The average molecular weight is 393 g/mol. The molecule has 1 aromatic carbocycles. The third kappa shape index (κ3) is 3.13. The van der Waals surface area contributed by atoms with Crippen LogP contribution in [0.2, 0.25) is 10.0 Å². The molecule has 1 aliphatic heterocycles. The van der Waals surface area contributed by atoms with Crippen LogP contribution in [0.1, 0.15) is 41.0 Å². The number of amides is 1. The lowest BCUT2D eigenvalue weighted by Gasteiger charge is -2.32. The normalized spacial score (nSPS) is 19.7. The van der Waals surface area contributed by atoms with Gasteiger partial charge in [-0.1, -0.05) is 23.2 Å². The highest BCUT2D eigenvalue weighted by atomic mass is 35.5. The van der Waals surface area contributed by atoms with Crippen LogP contribution in [0.25, 0.3) is 5.69 Å². The van der Waals surface area contributed by atoms with Crippen molar-refractivity contribution in [1.82, 2.24) is 20.0 Å². The van der Waals surface area contributed by atoms with Crippen molar-refractivity contribution in [2.75, 3.05) is 20.1 Å². The van der Waals surface area contributed by atoms with Gasteiger partial charge in [0.15, 0.2) is 5.69 Å². The fourth-order valence-corrected chi connectivity index (χ4v) is 4.50. The van der Waals surface area contributed by atoms with Gasteiger partial charge >= 0.3 is 0 Å². The minimum Gasteiger partial charge on any atom is -0.336 e. The second kappa shape index (κ2) is 7.22. The van der Waals surface area contributed by atoms with Gasteiger partial charge in [-0.15, -0.1) is 0 Å². The minimum atomic E-state index is 0.0342. The SMILES string of the molecule is CNC1CCCN(C(=O)c2nn(-c3ccc(Cl)cc3Cl)c3c2CCC3)C1. The highest BCUT2D eigenvalue weighted by molar-refractivity contribution is 6.35. The van der Waals surface area contributed by atoms with E-state index < -0.39 is 0 Å². The van der Waals surface area contributed by atoms with Gasteiger partial charge in [-0.2, -0.15) is 5.10 Å². The van der Waals surface area contributed by atoms with Crippen molar-refractivity contribution in [2.45, 2.75) is 38.1 Å². The highest BCUT2D eigenvalue weighted by Crippen LogP contribution is 2.32. The molecule has 2 aromatic rings. The van der Waals surface area contributed by atoms with E-state index in [2.05, 4.69) is 5.32 Å². The number of carbonyl (C=O) groups excluding carboxylic acids is 1. The maximum Gasteiger partial charge on any atom is 0.274 e. The third-order valence-electron chi connectivity index (χ3n) is 5.39. The van der Waals surface area contributed by atoms with Gasteiger partial charge in [0.25, 0.3) is 5.91 Å². The van der Waals surface area contributed by atoms with E-state index in [0.29, 0.717) is 21.8 Å². The summed E-state index contributed by atoms with van der Waals surface area (Å²) >= 11 is 12.4. The van der Waals surface area contributed by atoms with Crippen LogP contribution in [-0.4, -0.2) is 46.8 Å². The lowest BCUT2D eigenvalue weighted by molar-refractivity contribution is 0.0690. The van der Waals surface area contributed by atoms with Crippen LogP contribution < -0.4 is 5.32 Å². The molecule has 1 unspecified atom stereocenters. The summed E-state index contributed by atoms with van der Waals surface area (Å²) in [6.07, 6.45) is 4.97. The number of carbonyl (C=O) groups is 1. The first-order valence-corrected chi connectivity index (χ1v) is 9.87. The molecule has 1 atom stereocenters. The Morgan fingerprint density at radius 1 is 1.27 bits per heavy atom. The molecule has 1 aromatic heterocycles. The zero-order chi connectivity index (χ0) is 18.3. The Balaban J connectivity index is 1.71. The molecule has 0 saturated carbocycles. The van der Waals surface area contributed by atoms with E-state index in [0.717, 1.165) is 62.1 Å². The number of fused-ring (bicyclic) bond motifs is 1. The zero-order valence-corrected chi connectivity index (χ0v) is 16.3. The number of likely N-dealkylation sites (N-methyl/N-ethyl adjacent to an activating group) is 1. The monoisotopic (exact) mass is 392 g/mol. The molecule has 0 radical (unpaired) electrons. The van der Waals surface area contributed by atoms with E-state index in [1.165, 1.54) is 0 Å². The van der Waals surface area contributed by atoms with Gasteiger partial charge in [-0.05, 0) is 57.4 Å². The van der Waals surface area contributed by atoms with Gasteiger partial charge in [0.2, 0.25) is 0 Å². The minimum absolute atomic E-state index is 0.0342. The lowest BCUT2D eigenvalue weighted by Crippen LogP contribution is -2.47. The Labute approximate surface area is 163 Å². The summed E-state index contributed by atoms with van der Waals surface area (Å²) in [6.45, 7) is 1.53. The van der Waals surface area contributed by atoms with Gasteiger partial charge in [0.1, 0.15) is 0 Å². The molecular weight excluding hydrogens is 371 g/mol. The molecule has 0 spiro atoms. The Hall–Kier alpha value is -1.56. The van der Waals surface area contributed by atoms with Crippen LogP contribution in [0.3, 0.4) is 0 Å². The number of hydrogen-bond donors (Lipinski definition) is 1. The largest absolute Gasteiger partial charge is 0.336 e. The molecule has 4 rings (SSSR count). The van der Waals surface area contributed by atoms with Gasteiger partial charge < -0.3 is 10.2 Å². The van der Waals surface area contributed by atoms with Gasteiger partial charge in [0.05, 0.1) is 10.7 Å². The third-order valence-corrected chi connectivity index (χ3v) is 5.93. The van der Waals surface area contributed by atoms with Gasteiger partial charge in [-0.25, -0.2) is 4.68 Å². The van der Waals surface area contributed by atoms with Crippen molar-refractivity contribution in [3.8, 4) is 5.69 Å². The molecule has 2 aliphatic rings. The summed E-state index contributed by atoms with van der Waals surface area (Å²) in [4.78, 5) is 15.1. The Kier molecular flexibility index (Phi) is 4.95. The standard InChI is InChI=1S/C19H22Cl2N4O/c1-22-13-4-3-9-24(11-13)19(26)18-14-5-2-6-16(14)25(23-18)17-8-7-12(20)10-15(17)21/h7-8,10,13,22H,2-6,9,11H2,1H3. The molecule has 26 heavy (non-hydrogen) atoms. The topological polar surface area (TPSA) is 50.2 Å². The Morgan fingerprint density at radius 3 is 2.88 bits per heavy atom. The van der Waals surface area contributed by atoms with Crippen molar-refractivity contribution in [3.63, 3.8) is 0 Å². The molecule has 2 heterocycles. The number of rotatable bonds is 3. The zero-order valence-electron chi connectivity index (χ0n) is 14.8. The molecule has 5 nitrogen and oxygen atoms in total. The lowest BCUT2D eigenvalue weighted by atomic mass is 10.0. The summed E-state index contributed by atoms with van der Waals surface area (Å²) in [5, 5.41) is 9.11. The first kappa shape index (κ1) is 17.8. The van der Waals surface area contributed by atoms with E-state index in [1.54, 1.807) is 12.1 Å². The van der Waals surface area contributed by atoms with Gasteiger partial charge in [0, 0.05) is 35.4 Å². The Bertz CT molecular complexity index is 848. The predicted octanol–water partition coefficient (Wildman–Crippen LogP) is 3.49. The number of nitrogens with zero attached hydrogens (tertiary/aromatic N) is 3. The second-order valence-corrected chi connectivity index (χ2v) is 7.86. The number of hydrogen-bond acceptors (Lipinski definition) is 3. The summed E-state index contributed by atoms with van der Waals surface area (Å²) in [6, 6.07) is 5.73. The molecule has 1 N–H and O–H groups in total. The second-order valence-electron chi connectivity index (χ2n) is 7.01. The number of aromatic nitrogens is 2. The summed E-state index contributed by atoms with van der Waals surface area (Å²) in [5.41, 5.74) is 3.53. The molecule has 1 saturated heterocycles. The molecule has 1 aliphatic carbocycles. The maximum atomic E-state index is 13.2. The number of nitrogens with one attached hydrogen (secondary N) is 1. The number of halogens is 2. The number of piperidine rings is 1. The fraction of sp³-hybridized carbons (Fsp3) is 0.474. The van der Waals surface area contributed by atoms with Crippen molar-refractivity contribution < 1.29 is 4.79 Å². The van der Waals surface area contributed by atoms with Crippen molar-refractivity contribution in [2.24, 2.45) is 0 Å². The average Bonchev–Trinajstić information content (AvgIpc) is 3.24. The van der Waals surface area contributed by atoms with E-state index in [-0.39, 0.29) is 5.91 Å². The number of likely N-dealkylation sites (tertiary alicyclic amines) is 1. The van der Waals surface area contributed by atoms with E-state index in [9.17, 15) is 4.79 Å². The molecule has 0 bridgehead atoms. The van der Waals surface area contributed by atoms with Gasteiger partial charge in [-0.3, -0.25) is 4.79 Å². The molecule has 7 heteroatoms. The highest BCUT2D eigenvalue weighted by Gasteiger charge is 2.31. The van der Waals surface area contributed by atoms with E-state index >= 15 is 0 Å². The van der Waals surface area contributed by atoms with Crippen LogP contribution in [0.15, 0.2) is 18.2 Å². The first-order chi connectivity index (χ1) is 12.6. The quantitative estimate of drug-likeness (QED) is 0.869. The molecule has 138 valence electrons. The summed E-state index contributed by atoms with van der Waals surface area (Å²) < 4.78 is 1.84. The van der Waals surface area contributed by atoms with Crippen molar-refractivity contribution >= 4 is 29.1 Å². The molecule has 1 fully saturated rings. The van der Waals surface area contributed by atoms with Crippen LogP contribution >= 0.6 is 23.2 Å². The summed E-state index contributed by atoms with van der Waals surface area (Å²) in [5.74, 6) is 0.0342. The number of benzene rings is 1. The molecule has 1 amide bonds. The smallest absolute Gasteiger partial charge is 0.274 e. The van der Waals surface area contributed by atoms with Crippen LogP contribution in [0.4, 0.5) is 0 Å². The fourth-order valence-electron chi connectivity index (χ4n) is 4.01. The Morgan fingerprint density at radius 2 is 2.12 bits per heavy atom.